The van der Waals surface area contributed by atoms with Crippen LogP contribution in [0.1, 0.15) is 61.6 Å². The molecule has 0 aliphatic rings. The van der Waals surface area contributed by atoms with E-state index in [2.05, 4.69) is 94.6 Å². The third-order valence-electron chi connectivity index (χ3n) is 4.90. The van der Waals surface area contributed by atoms with Crippen molar-refractivity contribution in [3.8, 4) is 0 Å². The Labute approximate surface area is 169 Å². The highest BCUT2D eigenvalue weighted by Crippen LogP contribution is 2.37. The van der Waals surface area contributed by atoms with Crippen LogP contribution >= 0.6 is 0 Å². The molecule has 0 saturated carbocycles. The maximum absolute atomic E-state index is 5.87. The largest absolute Gasteiger partial charge is 0.468 e. The van der Waals surface area contributed by atoms with Crippen molar-refractivity contribution in [2.45, 2.75) is 59.5 Å². The van der Waals surface area contributed by atoms with Gasteiger partial charge in [-0.3, -0.25) is 0 Å². The van der Waals surface area contributed by atoms with Gasteiger partial charge < -0.3 is 15.1 Å². The minimum atomic E-state index is 0.0798. The van der Waals surface area contributed by atoms with E-state index in [1.165, 1.54) is 22.3 Å². The summed E-state index contributed by atoms with van der Waals surface area (Å²) in [6.45, 7) is 13.0. The molecule has 0 amide bonds. The van der Waals surface area contributed by atoms with Crippen LogP contribution in [-0.4, -0.2) is 12.1 Å². The van der Waals surface area contributed by atoms with Crippen LogP contribution in [0.4, 0.5) is 11.4 Å². The highest BCUT2D eigenvalue weighted by atomic mass is 16.3. The molecule has 2 N–H and O–H groups in total. The molecule has 0 spiro atoms. The second-order valence-corrected chi connectivity index (χ2v) is 8.19. The number of anilines is 2. The molecule has 0 radical (unpaired) electrons. The number of aryl methyl sites for hydroxylation is 2. The summed E-state index contributed by atoms with van der Waals surface area (Å²) in [5, 5.41) is 6.98. The molecule has 0 aliphatic carbocycles. The fourth-order valence-corrected chi connectivity index (χ4v) is 3.78. The number of rotatable bonds is 7. The lowest BCUT2D eigenvalue weighted by Crippen LogP contribution is -2.12. The van der Waals surface area contributed by atoms with E-state index < -0.39 is 0 Å². The summed E-state index contributed by atoms with van der Waals surface area (Å²) in [6, 6.07) is 18.1. The normalized spacial score (nSPS) is 11.5. The lowest BCUT2D eigenvalue weighted by molar-refractivity contribution is 0.502. The summed E-state index contributed by atoms with van der Waals surface area (Å²) in [5.41, 5.74) is 7.38. The Kier molecular flexibility index (Phi) is 6.13. The molecule has 148 valence electrons. The van der Waals surface area contributed by atoms with Gasteiger partial charge in [-0.05, 0) is 100 Å². The van der Waals surface area contributed by atoms with Crippen molar-refractivity contribution in [3.05, 3.63) is 82.8 Å². The van der Waals surface area contributed by atoms with E-state index in [-0.39, 0.29) is 5.92 Å². The minimum Gasteiger partial charge on any atom is -0.468 e. The summed E-state index contributed by atoms with van der Waals surface area (Å²) in [7, 11) is 0. The first-order valence-electron chi connectivity index (χ1n) is 10.1. The second-order valence-electron chi connectivity index (χ2n) is 8.19. The van der Waals surface area contributed by atoms with Crippen LogP contribution in [0.3, 0.4) is 0 Å². The maximum atomic E-state index is 5.87. The number of hydrogen-bond acceptors (Lipinski definition) is 3. The van der Waals surface area contributed by atoms with Gasteiger partial charge in [-0.1, -0.05) is 12.1 Å². The first-order chi connectivity index (χ1) is 13.3. The fraction of sp³-hybridized carbons (Fsp3) is 0.360. The Bertz CT molecular complexity index is 851. The van der Waals surface area contributed by atoms with Crippen molar-refractivity contribution in [3.63, 3.8) is 0 Å². The average molecular weight is 377 g/mol. The molecule has 1 aromatic heterocycles. The molecule has 2 aromatic carbocycles. The van der Waals surface area contributed by atoms with E-state index in [0.29, 0.717) is 12.1 Å². The summed E-state index contributed by atoms with van der Waals surface area (Å²) in [5.74, 6) is 1.05. The predicted molar refractivity (Wildman–Crippen MR) is 120 cm³/mol. The zero-order valence-electron chi connectivity index (χ0n) is 17.8. The molecule has 28 heavy (non-hydrogen) atoms. The maximum Gasteiger partial charge on any atom is 0.115 e. The average Bonchev–Trinajstić information content (AvgIpc) is 3.12. The third-order valence-corrected chi connectivity index (χ3v) is 4.90. The first-order valence-corrected chi connectivity index (χ1v) is 10.1. The van der Waals surface area contributed by atoms with Crippen molar-refractivity contribution < 1.29 is 4.42 Å². The molecule has 0 unspecified atom stereocenters. The molecule has 0 bridgehead atoms. The molecule has 0 aliphatic heterocycles. The number of furan rings is 1. The summed E-state index contributed by atoms with van der Waals surface area (Å²) in [6.07, 6.45) is 1.76. The summed E-state index contributed by atoms with van der Waals surface area (Å²) in [4.78, 5) is 0. The molecule has 3 rings (SSSR count). The summed E-state index contributed by atoms with van der Waals surface area (Å²) >= 11 is 0. The molecule has 1 heterocycles. The van der Waals surface area contributed by atoms with Crippen LogP contribution in [0.5, 0.6) is 0 Å². The Morgan fingerprint density at radius 3 is 1.57 bits per heavy atom. The Morgan fingerprint density at radius 1 is 0.714 bits per heavy atom. The van der Waals surface area contributed by atoms with E-state index in [0.717, 1.165) is 17.1 Å². The van der Waals surface area contributed by atoms with E-state index in [1.54, 1.807) is 6.26 Å². The standard InChI is InChI=1S/C25H32N2O/c1-16(2)26-20-9-11-22(18(5)14-20)25(24-8-7-13-28-24)23-12-10-21(15-19(23)6)27-17(3)4/h7-17,25-27H,1-6H3. The number of nitrogens with one attached hydrogen (secondary N) is 2. The van der Waals surface area contributed by atoms with Crippen LogP contribution in [0.15, 0.2) is 59.2 Å². The van der Waals surface area contributed by atoms with Gasteiger partial charge in [-0.2, -0.15) is 0 Å². The Balaban J connectivity index is 2.04. The third kappa shape index (κ3) is 4.59. The zero-order valence-corrected chi connectivity index (χ0v) is 17.8. The molecule has 0 atom stereocenters. The molecule has 0 saturated heterocycles. The highest BCUT2D eigenvalue weighted by molar-refractivity contribution is 5.56. The lowest BCUT2D eigenvalue weighted by Gasteiger charge is -2.22. The number of hydrogen-bond donors (Lipinski definition) is 2. The van der Waals surface area contributed by atoms with E-state index >= 15 is 0 Å². The van der Waals surface area contributed by atoms with Crippen molar-refractivity contribution in [2.24, 2.45) is 0 Å². The molecule has 3 nitrogen and oxygen atoms in total. The van der Waals surface area contributed by atoms with Crippen molar-refractivity contribution in [2.75, 3.05) is 10.6 Å². The molecule has 0 fully saturated rings. The molecular weight excluding hydrogens is 344 g/mol. The number of benzene rings is 2. The van der Waals surface area contributed by atoms with Crippen LogP contribution in [-0.2, 0) is 0 Å². The van der Waals surface area contributed by atoms with Gasteiger partial charge in [0.25, 0.3) is 0 Å². The van der Waals surface area contributed by atoms with Crippen LogP contribution in [0.2, 0.25) is 0 Å². The fourth-order valence-electron chi connectivity index (χ4n) is 3.78. The Morgan fingerprint density at radius 2 is 1.21 bits per heavy atom. The Hall–Kier alpha value is -2.68. The van der Waals surface area contributed by atoms with Crippen LogP contribution < -0.4 is 10.6 Å². The van der Waals surface area contributed by atoms with Gasteiger partial charge in [0.15, 0.2) is 0 Å². The van der Waals surface area contributed by atoms with Gasteiger partial charge in [-0.15, -0.1) is 0 Å². The first kappa shape index (κ1) is 20.1. The van der Waals surface area contributed by atoms with E-state index in [4.69, 9.17) is 4.42 Å². The predicted octanol–water partition coefficient (Wildman–Crippen LogP) is 6.72. The second kappa shape index (κ2) is 8.55. The zero-order chi connectivity index (χ0) is 20.3. The van der Waals surface area contributed by atoms with Crippen LogP contribution in [0, 0.1) is 13.8 Å². The van der Waals surface area contributed by atoms with Gasteiger partial charge in [-0.25, -0.2) is 0 Å². The molecular formula is C25H32N2O. The van der Waals surface area contributed by atoms with Crippen molar-refractivity contribution in [1.29, 1.82) is 0 Å². The van der Waals surface area contributed by atoms with E-state index in [9.17, 15) is 0 Å². The lowest BCUT2D eigenvalue weighted by atomic mass is 9.84. The van der Waals surface area contributed by atoms with Gasteiger partial charge in [0.1, 0.15) is 5.76 Å². The van der Waals surface area contributed by atoms with Crippen molar-refractivity contribution in [1.82, 2.24) is 0 Å². The van der Waals surface area contributed by atoms with Gasteiger partial charge >= 0.3 is 0 Å². The highest BCUT2D eigenvalue weighted by Gasteiger charge is 2.23. The molecule has 3 heteroatoms. The minimum absolute atomic E-state index is 0.0798. The van der Waals surface area contributed by atoms with E-state index in [1.807, 2.05) is 6.07 Å². The van der Waals surface area contributed by atoms with Gasteiger partial charge in [0, 0.05) is 23.5 Å². The topological polar surface area (TPSA) is 37.2 Å². The smallest absolute Gasteiger partial charge is 0.115 e. The van der Waals surface area contributed by atoms with Crippen molar-refractivity contribution >= 4 is 11.4 Å². The monoisotopic (exact) mass is 376 g/mol. The quantitative estimate of drug-likeness (QED) is 0.481. The van der Waals surface area contributed by atoms with Gasteiger partial charge in [0.05, 0.1) is 12.2 Å². The van der Waals surface area contributed by atoms with Gasteiger partial charge in [0.2, 0.25) is 0 Å². The molecule has 3 aromatic rings. The summed E-state index contributed by atoms with van der Waals surface area (Å²) < 4.78 is 5.87. The SMILES string of the molecule is Cc1cc(NC(C)C)ccc1C(c1ccco1)c1ccc(NC(C)C)cc1C. The van der Waals surface area contributed by atoms with Crippen LogP contribution in [0.25, 0.3) is 0 Å².